The quantitative estimate of drug-likeness (QED) is 0.236. The van der Waals surface area contributed by atoms with E-state index in [4.69, 9.17) is 21.1 Å². The van der Waals surface area contributed by atoms with Crippen molar-refractivity contribution < 1.29 is 29.0 Å². The number of halogens is 1. The molecule has 0 aliphatic heterocycles. The zero-order chi connectivity index (χ0) is 27.7. The Morgan fingerprint density at radius 1 is 1.08 bits per heavy atom. The third-order valence-electron chi connectivity index (χ3n) is 5.72. The molecule has 1 heterocycles. The lowest BCUT2D eigenvalue weighted by atomic mass is 9.97. The van der Waals surface area contributed by atoms with Gasteiger partial charge >= 0.3 is 11.9 Å². The van der Waals surface area contributed by atoms with Crippen molar-refractivity contribution in [2.75, 3.05) is 6.79 Å². The zero-order valence-electron chi connectivity index (χ0n) is 21.1. The number of nitrogens with one attached hydrogen (secondary N) is 2. The molecule has 0 saturated heterocycles. The van der Waals surface area contributed by atoms with Gasteiger partial charge in [0.2, 0.25) is 6.79 Å². The fourth-order valence-electron chi connectivity index (χ4n) is 3.74. The molecular formula is C27H30ClN3O7. The van der Waals surface area contributed by atoms with Crippen LogP contribution in [0.4, 0.5) is 0 Å². The molecule has 2 atom stereocenters. The standard InChI is InChI=1S/C27H30ClN3O7/c1-3-5-25(34)37-16-38-27(36)23(32)14-21(29-26(35)22-15-24(33)31(2)30-22)12-17-8-10-18(11-9-17)19-6-4-7-20(28)13-19/h4,6-11,13,15,21,23,30,32H,3,5,12,14,16H2,1-2H3,(H,29,35)/t21-,23?/m1/s1. The number of H-pyrrole nitrogens is 1. The molecule has 11 heteroatoms. The molecule has 3 rings (SSSR count). The van der Waals surface area contributed by atoms with Crippen LogP contribution in [0.2, 0.25) is 5.02 Å². The average Bonchev–Trinajstić information content (AvgIpc) is 3.22. The van der Waals surface area contributed by atoms with Gasteiger partial charge in [0.1, 0.15) is 5.69 Å². The fourth-order valence-corrected chi connectivity index (χ4v) is 3.93. The summed E-state index contributed by atoms with van der Waals surface area (Å²) >= 11 is 6.09. The summed E-state index contributed by atoms with van der Waals surface area (Å²) in [6.45, 7) is 1.20. The van der Waals surface area contributed by atoms with Crippen LogP contribution < -0.4 is 10.9 Å². The molecule has 1 amide bonds. The summed E-state index contributed by atoms with van der Waals surface area (Å²) in [6, 6.07) is 15.4. The summed E-state index contributed by atoms with van der Waals surface area (Å²) in [5, 5.41) is 16.5. The van der Waals surface area contributed by atoms with Gasteiger partial charge in [0.15, 0.2) is 6.10 Å². The van der Waals surface area contributed by atoms with E-state index in [1.807, 2.05) is 42.5 Å². The van der Waals surface area contributed by atoms with Gasteiger partial charge in [-0.2, -0.15) is 0 Å². The number of aryl methyl sites for hydroxylation is 1. The Morgan fingerprint density at radius 2 is 1.82 bits per heavy atom. The summed E-state index contributed by atoms with van der Waals surface area (Å²) in [5.74, 6) is -2.08. The van der Waals surface area contributed by atoms with Gasteiger partial charge in [0.25, 0.3) is 11.5 Å². The minimum Gasteiger partial charge on any atom is -0.428 e. The number of aromatic nitrogens is 2. The topological polar surface area (TPSA) is 140 Å². The van der Waals surface area contributed by atoms with Crippen LogP contribution in [0.25, 0.3) is 11.1 Å². The van der Waals surface area contributed by atoms with Crippen LogP contribution in [0, 0.1) is 0 Å². The summed E-state index contributed by atoms with van der Waals surface area (Å²) in [4.78, 5) is 48.2. The lowest BCUT2D eigenvalue weighted by Crippen LogP contribution is -2.41. The number of aromatic amines is 1. The number of carbonyl (C=O) groups excluding carboxylic acids is 3. The summed E-state index contributed by atoms with van der Waals surface area (Å²) in [5.41, 5.74) is 2.37. The number of aliphatic hydroxyl groups is 1. The van der Waals surface area contributed by atoms with Crippen molar-refractivity contribution in [1.29, 1.82) is 0 Å². The number of benzene rings is 2. The number of carbonyl (C=O) groups is 3. The molecule has 0 saturated carbocycles. The minimum atomic E-state index is -1.59. The van der Waals surface area contributed by atoms with Crippen molar-refractivity contribution in [3.8, 4) is 11.1 Å². The van der Waals surface area contributed by atoms with Gasteiger partial charge in [-0.15, -0.1) is 0 Å². The van der Waals surface area contributed by atoms with Crippen LogP contribution in [0.1, 0.15) is 42.2 Å². The highest BCUT2D eigenvalue weighted by atomic mass is 35.5. The molecular weight excluding hydrogens is 514 g/mol. The summed E-state index contributed by atoms with van der Waals surface area (Å²) in [7, 11) is 1.48. The maximum atomic E-state index is 12.8. The van der Waals surface area contributed by atoms with E-state index in [1.165, 1.54) is 7.05 Å². The minimum absolute atomic E-state index is 0.0405. The number of esters is 2. The van der Waals surface area contributed by atoms with Crippen LogP contribution in [0.3, 0.4) is 0 Å². The molecule has 0 spiro atoms. The zero-order valence-corrected chi connectivity index (χ0v) is 21.9. The molecule has 0 radical (unpaired) electrons. The number of hydrogen-bond acceptors (Lipinski definition) is 7. The van der Waals surface area contributed by atoms with E-state index in [2.05, 4.69) is 10.4 Å². The molecule has 3 N–H and O–H groups in total. The molecule has 1 aromatic heterocycles. The van der Waals surface area contributed by atoms with Gasteiger partial charge in [-0.25, -0.2) is 4.79 Å². The fraction of sp³-hybridized carbons (Fsp3) is 0.333. The SMILES string of the molecule is CCCC(=O)OCOC(=O)C(O)C[C@@H](Cc1ccc(-c2cccc(Cl)c2)cc1)NC(=O)c1cc(=O)n(C)[nH]1. The Kier molecular flexibility index (Phi) is 10.3. The number of ether oxygens (including phenoxy) is 2. The molecule has 0 aliphatic carbocycles. The lowest BCUT2D eigenvalue weighted by molar-refractivity contribution is -0.173. The lowest BCUT2D eigenvalue weighted by Gasteiger charge is -2.21. The number of aliphatic hydroxyl groups excluding tert-OH is 1. The first-order chi connectivity index (χ1) is 18.2. The molecule has 0 fully saturated rings. The van der Waals surface area contributed by atoms with Crippen LogP contribution in [0.15, 0.2) is 59.4 Å². The first-order valence-corrected chi connectivity index (χ1v) is 12.5. The Morgan fingerprint density at radius 3 is 2.45 bits per heavy atom. The summed E-state index contributed by atoms with van der Waals surface area (Å²) < 4.78 is 10.8. The van der Waals surface area contributed by atoms with Gasteiger partial charge in [0, 0.05) is 37.0 Å². The van der Waals surface area contributed by atoms with Gasteiger partial charge in [-0.05, 0) is 41.7 Å². The second kappa shape index (κ2) is 13.6. The number of amides is 1. The van der Waals surface area contributed by atoms with Crippen molar-refractivity contribution in [2.24, 2.45) is 7.05 Å². The number of hydrogen-bond donors (Lipinski definition) is 3. The van der Waals surface area contributed by atoms with Crippen LogP contribution >= 0.6 is 11.6 Å². The van der Waals surface area contributed by atoms with E-state index < -0.39 is 36.8 Å². The second-order valence-electron chi connectivity index (χ2n) is 8.75. The van der Waals surface area contributed by atoms with Crippen molar-refractivity contribution in [2.45, 2.75) is 44.8 Å². The van der Waals surface area contributed by atoms with Gasteiger partial charge in [-0.1, -0.05) is 54.9 Å². The number of nitrogens with zero attached hydrogens (tertiary/aromatic N) is 1. The highest BCUT2D eigenvalue weighted by Crippen LogP contribution is 2.23. The van der Waals surface area contributed by atoms with Gasteiger partial charge < -0.3 is 19.9 Å². The average molecular weight is 544 g/mol. The highest BCUT2D eigenvalue weighted by Gasteiger charge is 2.25. The Hall–Kier alpha value is -3.89. The smallest absolute Gasteiger partial charge is 0.337 e. The molecule has 0 bridgehead atoms. The monoisotopic (exact) mass is 543 g/mol. The van der Waals surface area contributed by atoms with E-state index >= 15 is 0 Å². The first kappa shape index (κ1) is 28.7. The van der Waals surface area contributed by atoms with Gasteiger partial charge in [0.05, 0.1) is 0 Å². The molecule has 202 valence electrons. The molecule has 10 nitrogen and oxygen atoms in total. The second-order valence-corrected chi connectivity index (χ2v) is 9.18. The van der Waals surface area contributed by atoms with Crippen LogP contribution in [0.5, 0.6) is 0 Å². The third-order valence-corrected chi connectivity index (χ3v) is 5.95. The normalized spacial score (nSPS) is 12.4. The van der Waals surface area contributed by atoms with Gasteiger partial charge in [-0.3, -0.25) is 24.2 Å². The maximum Gasteiger partial charge on any atom is 0.337 e. The first-order valence-electron chi connectivity index (χ1n) is 12.1. The van der Waals surface area contributed by atoms with Crippen molar-refractivity contribution in [3.63, 3.8) is 0 Å². The van der Waals surface area contributed by atoms with Crippen molar-refractivity contribution in [1.82, 2.24) is 15.1 Å². The highest BCUT2D eigenvalue weighted by molar-refractivity contribution is 6.30. The Balaban J connectivity index is 1.70. The Labute approximate surface area is 224 Å². The van der Waals surface area contributed by atoms with Crippen molar-refractivity contribution >= 4 is 29.4 Å². The predicted octanol–water partition coefficient (Wildman–Crippen LogP) is 2.97. The number of rotatable bonds is 12. The maximum absolute atomic E-state index is 12.8. The van der Waals surface area contributed by atoms with E-state index in [9.17, 15) is 24.3 Å². The van der Waals surface area contributed by atoms with E-state index in [-0.39, 0.29) is 30.5 Å². The predicted molar refractivity (Wildman–Crippen MR) is 140 cm³/mol. The van der Waals surface area contributed by atoms with E-state index in [0.717, 1.165) is 27.4 Å². The van der Waals surface area contributed by atoms with Crippen LogP contribution in [-0.2, 0) is 32.5 Å². The molecule has 38 heavy (non-hydrogen) atoms. The van der Waals surface area contributed by atoms with E-state index in [0.29, 0.717) is 11.4 Å². The van der Waals surface area contributed by atoms with Crippen LogP contribution in [-0.4, -0.2) is 51.7 Å². The van der Waals surface area contributed by atoms with Crippen molar-refractivity contribution in [3.05, 3.63) is 81.2 Å². The summed E-state index contributed by atoms with van der Waals surface area (Å²) in [6.07, 6.45) is -0.726. The molecule has 1 unspecified atom stereocenters. The molecule has 3 aromatic rings. The largest absolute Gasteiger partial charge is 0.428 e. The van der Waals surface area contributed by atoms with E-state index in [1.54, 1.807) is 13.0 Å². The molecule has 2 aromatic carbocycles. The third kappa shape index (κ3) is 8.32. The molecule has 0 aliphatic rings. The Bertz CT molecular complexity index is 1320.